The largest absolute Gasteiger partial charge is 0.375 e. The van der Waals surface area contributed by atoms with E-state index in [0.717, 1.165) is 30.2 Å². The maximum atomic E-state index is 13.2. The number of aromatic nitrogens is 2. The second-order valence-electron chi connectivity index (χ2n) is 6.72. The van der Waals surface area contributed by atoms with Gasteiger partial charge < -0.3 is 19.7 Å². The third-order valence-electron chi connectivity index (χ3n) is 4.73. The van der Waals surface area contributed by atoms with E-state index >= 15 is 0 Å². The van der Waals surface area contributed by atoms with Crippen LogP contribution in [0.2, 0.25) is 0 Å². The predicted octanol–water partition coefficient (Wildman–Crippen LogP) is 2.90. The average molecular weight is 517 g/mol. The molecule has 1 aliphatic heterocycles. The summed E-state index contributed by atoms with van der Waals surface area (Å²) in [4.78, 5) is 6.97. The minimum atomic E-state index is -0.259. The molecular weight excluding hydrogens is 488 g/mol. The summed E-state index contributed by atoms with van der Waals surface area (Å²) < 4.78 is 26.5. The van der Waals surface area contributed by atoms with Crippen LogP contribution in [0, 0.1) is 5.82 Å². The molecule has 1 aromatic carbocycles. The van der Waals surface area contributed by atoms with Crippen LogP contribution < -0.4 is 5.32 Å². The summed E-state index contributed by atoms with van der Waals surface area (Å²) in [5.74, 6) is 0.564. The minimum Gasteiger partial charge on any atom is -0.375 e. The monoisotopic (exact) mass is 517 g/mol. The van der Waals surface area contributed by atoms with E-state index in [-0.39, 0.29) is 42.0 Å². The average Bonchev–Trinajstić information content (AvgIpc) is 3.15. The lowest BCUT2D eigenvalue weighted by atomic mass is 10.1. The highest BCUT2D eigenvalue weighted by Gasteiger charge is 2.25. The van der Waals surface area contributed by atoms with Gasteiger partial charge in [-0.25, -0.2) is 4.39 Å². The van der Waals surface area contributed by atoms with Gasteiger partial charge in [-0.15, -0.1) is 24.0 Å². The standard InChI is InChI=1S/C20H28FN5O2.HI/c1-4-22-20(23-12-18(27-3)15-5-7-17(21)8-6-15)26-9-10-28-19(14-26)16-11-24-25(2)13-16;/h5-8,11,13,18-19H,4,9-10,12,14H2,1-3H3,(H,22,23);1H. The molecule has 2 atom stereocenters. The van der Waals surface area contributed by atoms with Crippen LogP contribution in [-0.2, 0) is 16.5 Å². The summed E-state index contributed by atoms with van der Waals surface area (Å²) in [6.45, 7) is 5.34. The summed E-state index contributed by atoms with van der Waals surface area (Å²) in [7, 11) is 3.54. The Morgan fingerprint density at radius 3 is 2.79 bits per heavy atom. The van der Waals surface area contributed by atoms with Crippen LogP contribution in [0.3, 0.4) is 0 Å². The lowest BCUT2D eigenvalue weighted by Gasteiger charge is -2.35. The highest BCUT2D eigenvalue weighted by atomic mass is 127. The zero-order valence-electron chi connectivity index (χ0n) is 17.0. The Balaban J connectivity index is 0.00000300. The van der Waals surface area contributed by atoms with Gasteiger partial charge in [-0.2, -0.15) is 5.10 Å². The van der Waals surface area contributed by atoms with Crippen molar-refractivity contribution in [3.8, 4) is 0 Å². The molecule has 1 fully saturated rings. The number of aryl methyl sites for hydroxylation is 1. The summed E-state index contributed by atoms with van der Waals surface area (Å²) in [6.07, 6.45) is 3.55. The van der Waals surface area contributed by atoms with Crippen molar-refractivity contribution in [2.24, 2.45) is 12.0 Å². The molecular formula is C20H29FIN5O2. The molecule has 0 bridgehead atoms. The van der Waals surface area contributed by atoms with Crippen molar-refractivity contribution < 1.29 is 13.9 Å². The molecule has 29 heavy (non-hydrogen) atoms. The van der Waals surface area contributed by atoms with Crippen LogP contribution in [0.25, 0.3) is 0 Å². The van der Waals surface area contributed by atoms with Gasteiger partial charge in [0, 0.05) is 39.0 Å². The van der Waals surface area contributed by atoms with E-state index in [0.29, 0.717) is 19.7 Å². The van der Waals surface area contributed by atoms with Crippen LogP contribution >= 0.6 is 24.0 Å². The Morgan fingerprint density at radius 1 is 1.41 bits per heavy atom. The summed E-state index contributed by atoms with van der Waals surface area (Å²) in [5, 5.41) is 7.59. The number of nitrogens with one attached hydrogen (secondary N) is 1. The maximum Gasteiger partial charge on any atom is 0.194 e. The molecule has 1 aromatic heterocycles. The quantitative estimate of drug-likeness (QED) is 0.363. The number of nitrogens with zero attached hydrogens (tertiary/aromatic N) is 4. The smallest absolute Gasteiger partial charge is 0.194 e. The molecule has 3 rings (SSSR count). The molecule has 0 amide bonds. The normalized spacial score (nSPS) is 18.3. The van der Waals surface area contributed by atoms with Gasteiger partial charge in [-0.3, -0.25) is 9.67 Å². The van der Waals surface area contributed by atoms with Crippen LogP contribution in [-0.4, -0.2) is 60.5 Å². The van der Waals surface area contributed by atoms with Crippen LogP contribution in [0.5, 0.6) is 0 Å². The van der Waals surface area contributed by atoms with Crippen molar-refractivity contribution in [3.05, 3.63) is 53.6 Å². The van der Waals surface area contributed by atoms with Crippen molar-refractivity contribution in [2.75, 3.05) is 39.9 Å². The molecule has 160 valence electrons. The van der Waals surface area contributed by atoms with Gasteiger partial charge in [0.2, 0.25) is 0 Å². The number of guanidine groups is 1. The fraction of sp³-hybridized carbons (Fsp3) is 0.500. The van der Waals surface area contributed by atoms with Gasteiger partial charge in [-0.1, -0.05) is 12.1 Å². The molecule has 0 saturated carbocycles. The maximum absolute atomic E-state index is 13.2. The number of benzene rings is 1. The van der Waals surface area contributed by atoms with Gasteiger partial charge in [0.25, 0.3) is 0 Å². The molecule has 0 spiro atoms. The Bertz CT molecular complexity index is 783. The van der Waals surface area contributed by atoms with Gasteiger partial charge in [-0.05, 0) is 24.6 Å². The van der Waals surface area contributed by atoms with Crippen molar-refractivity contribution in [1.29, 1.82) is 0 Å². The van der Waals surface area contributed by atoms with E-state index < -0.39 is 0 Å². The van der Waals surface area contributed by atoms with Gasteiger partial charge >= 0.3 is 0 Å². The lowest BCUT2D eigenvalue weighted by molar-refractivity contribution is -0.00815. The van der Waals surface area contributed by atoms with E-state index in [9.17, 15) is 4.39 Å². The van der Waals surface area contributed by atoms with Crippen LogP contribution in [0.4, 0.5) is 4.39 Å². The first-order valence-corrected chi connectivity index (χ1v) is 9.52. The van der Waals surface area contributed by atoms with Gasteiger partial charge in [0.05, 0.1) is 25.9 Å². The number of ether oxygens (including phenoxy) is 2. The first-order chi connectivity index (χ1) is 13.6. The van der Waals surface area contributed by atoms with Crippen LogP contribution in [0.15, 0.2) is 41.7 Å². The van der Waals surface area contributed by atoms with Crippen molar-refractivity contribution in [2.45, 2.75) is 19.1 Å². The van der Waals surface area contributed by atoms with E-state index in [1.54, 1.807) is 23.9 Å². The molecule has 1 aliphatic rings. The third kappa shape index (κ3) is 6.38. The molecule has 2 heterocycles. The predicted molar refractivity (Wildman–Crippen MR) is 121 cm³/mol. The summed E-state index contributed by atoms with van der Waals surface area (Å²) in [6, 6.07) is 6.35. The molecule has 1 N–H and O–H groups in total. The van der Waals surface area contributed by atoms with Gasteiger partial charge in [0.1, 0.15) is 18.0 Å². The first kappa shape index (κ1) is 23.6. The molecule has 7 nitrogen and oxygen atoms in total. The zero-order valence-corrected chi connectivity index (χ0v) is 19.4. The number of hydrogen-bond donors (Lipinski definition) is 1. The molecule has 1 saturated heterocycles. The first-order valence-electron chi connectivity index (χ1n) is 9.52. The van der Waals surface area contributed by atoms with Crippen LogP contribution in [0.1, 0.15) is 30.3 Å². The molecule has 0 radical (unpaired) electrons. The highest BCUT2D eigenvalue weighted by Crippen LogP contribution is 2.22. The Morgan fingerprint density at radius 2 is 2.17 bits per heavy atom. The van der Waals surface area contributed by atoms with E-state index in [1.165, 1.54) is 12.1 Å². The van der Waals surface area contributed by atoms with Gasteiger partial charge in [0.15, 0.2) is 5.96 Å². The topological polar surface area (TPSA) is 63.9 Å². The minimum absolute atomic E-state index is 0. The number of morpholine rings is 1. The Hall–Kier alpha value is -1.72. The van der Waals surface area contributed by atoms with E-state index in [2.05, 4.69) is 15.3 Å². The second kappa shape index (κ2) is 11.5. The van der Waals surface area contributed by atoms with Crippen molar-refractivity contribution in [3.63, 3.8) is 0 Å². The fourth-order valence-electron chi connectivity index (χ4n) is 3.24. The number of hydrogen-bond acceptors (Lipinski definition) is 4. The molecule has 2 aromatic rings. The summed E-state index contributed by atoms with van der Waals surface area (Å²) >= 11 is 0. The number of halogens is 2. The van der Waals surface area contributed by atoms with E-state index in [4.69, 9.17) is 14.5 Å². The highest BCUT2D eigenvalue weighted by molar-refractivity contribution is 14.0. The van der Waals surface area contributed by atoms with E-state index in [1.807, 2.05) is 26.4 Å². The SMILES string of the molecule is CCNC(=NCC(OC)c1ccc(F)cc1)N1CCOC(c2cnn(C)c2)C1.I. The summed E-state index contributed by atoms with van der Waals surface area (Å²) in [5.41, 5.74) is 1.96. The third-order valence-corrected chi connectivity index (χ3v) is 4.73. The van der Waals surface area contributed by atoms with Crippen molar-refractivity contribution >= 4 is 29.9 Å². The zero-order chi connectivity index (χ0) is 19.9. The fourth-order valence-corrected chi connectivity index (χ4v) is 3.24. The molecule has 9 heteroatoms. The number of rotatable bonds is 6. The Kier molecular flexibility index (Phi) is 9.31. The lowest BCUT2D eigenvalue weighted by Crippen LogP contribution is -2.48. The van der Waals surface area contributed by atoms with Crippen molar-refractivity contribution in [1.82, 2.24) is 20.0 Å². The molecule has 0 aliphatic carbocycles. The Labute approximate surface area is 188 Å². The molecule has 2 unspecified atom stereocenters. The number of methoxy groups -OCH3 is 1. The number of aliphatic imine (C=N–C) groups is 1. The second-order valence-corrected chi connectivity index (χ2v) is 6.72.